The molecule has 0 bridgehead atoms. The second-order valence-electron chi connectivity index (χ2n) is 5.87. The van der Waals surface area contributed by atoms with Crippen molar-refractivity contribution in [2.24, 2.45) is 0 Å². The lowest BCUT2D eigenvalue weighted by atomic mass is 9.87. The van der Waals surface area contributed by atoms with Crippen LogP contribution in [-0.2, 0) is 6.42 Å². The van der Waals surface area contributed by atoms with Gasteiger partial charge in [0.15, 0.2) is 0 Å². The Morgan fingerprint density at radius 1 is 1.00 bits per heavy atom. The molecular weight excluding hydrogens is 254 g/mol. The van der Waals surface area contributed by atoms with Crippen LogP contribution in [0.3, 0.4) is 0 Å². The van der Waals surface area contributed by atoms with E-state index in [1.54, 1.807) is 0 Å². The Bertz CT molecular complexity index is 612. The van der Waals surface area contributed by atoms with E-state index >= 15 is 0 Å². The lowest BCUT2D eigenvalue weighted by Gasteiger charge is -2.16. The van der Waals surface area contributed by atoms with Crippen LogP contribution < -0.4 is 0 Å². The zero-order valence-corrected chi connectivity index (χ0v) is 13.2. The van der Waals surface area contributed by atoms with Crippen molar-refractivity contribution in [2.45, 2.75) is 46.0 Å². The summed E-state index contributed by atoms with van der Waals surface area (Å²) >= 11 is 0. The second-order valence-corrected chi connectivity index (χ2v) is 5.87. The second kappa shape index (κ2) is 7.09. The van der Waals surface area contributed by atoms with Crippen LogP contribution in [-0.4, -0.2) is 0 Å². The van der Waals surface area contributed by atoms with Gasteiger partial charge in [0.2, 0.25) is 0 Å². The van der Waals surface area contributed by atoms with E-state index in [0.717, 1.165) is 19.3 Å². The summed E-state index contributed by atoms with van der Waals surface area (Å²) in [6.45, 7) is 6.36. The fourth-order valence-electron chi connectivity index (χ4n) is 3.17. The number of aryl methyl sites for hydroxylation is 4. The highest BCUT2D eigenvalue weighted by Gasteiger charge is 2.15. The first-order valence-corrected chi connectivity index (χ1v) is 7.63. The van der Waals surface area contributed by atoms with Crippen LogP contribution in [0.5, 0.6) is 0 Å². The molecule has 0 heterocycles. The van der Waals surface area contributed by atoms with Gasteiger partial charge in [-0.1, -0.05) is 48.0 Å². The highest BCUT2D eigenvalue weighted by atomic mass is 14.3. The van der Waals surface area contributed by atoms with Crippen molar-refractivity contribution >= 4 is 0 Å². The Hall–Kier alpha value is -2.07. The number of nitrogens with zero attached hydrogens (tertiary/aromatic N) is 1. The van der Waals surface area contributed by atoms with Gasteiger partial charge in [-0.2, -0.15) is 5.26 Å². The number of nitriles is 1. The number of benzene rings is 2. The topological polar surface area (TPSA) is 23.8 Å². The maximum atomic E-state index is 9.54. The predicted molar refractivity (Wildman–Crippen MR) is 88.4 cm³/mol. The summed E-state index contributed by atoms with van der Waals surface area (Å²) < 4.78 is 0. The minimum Gasteiger partial charge on any atom is -0.198 e. The van der Waals surface area contributed by atoms with Crippen LogP contribution in [0.1, 0.15) is 46.6 Å². The summed E-state index contributed by atoms with van der Waals surface area (Å²) in [6.07, 6.45) is 3.02. The predicted octanol–water partition coefficient (Wildman–Crippen LogP) is 5.24. The zero-order chi connectivity index (χ0) is 15.2. The number of hydrogen-bond acceptors (Lipinski definition) is 1. The van der Waals surface area contributed by atoms with Gasteiger partial charge in [-0.15, -0.1) is 0 Å². The molecule has 2 aromatic carbocycles. The van der Waals surface area contributed by atoms with Gasteiger partial charge in [-0.3, -0.25) is 0 Å². The van der Waals surface area contributed by atoms with E-state index in [-0.39, 0.29) is 5.92 Å². The quantitative estimate of drug-likeness (QED) is 0.733. The van der Waals surface area contributed by atoms with E-state index in [1.165, 1.54) is 27.8 Å². The van der Waals surface area contributed by atoms with Crippen LogP contribution in [0.25, 0.3) is 0 Å². The van der Waals surface area contributed by atoms with Crippen LogP contribution in [0, 0.1) is 32.1 Å². The summed E-state index contributed by atoms with van der Waals surface area (Å²) in [5.41, 5.74) is 6.36. The van der Waals surface area contributed by atoms with Gasteiger partial charge in [-0.25, -0.2) is 0 Å². The average Bonchev–Trinajstić information content (AvgIpc) is 2.45. The standard InChI is InChI=1S/C20H23N/c1-15-12-16(2)20(17(3)13-15)19(14-21)11-7-10-18-8-5-4-6-9-18/h4-6,8-9,12-13,19H,7,10-11H2,1-3H3. The van der Waals surface area contributed by atoms with E-state index in [2.05, 4.69) is 63.2 Å². The third-order valence-electron chi connectivity index (χ3n) is 4.04. The minimum absolute atomic E-state index is 0.00862. The van der Waals surface area contributed by atoms with E-state index in [9.17, 15) is 5.26 Å². The molecule has 1 nitrogen and oxygen atoms in total. The first-order chi connectivity index (χ1) is 10.1. The summed E-state index contributed by atoms with van der Waals surface area (Å²) in [4.78, 5) is 0. The molecule has 0 amide bonds. The van der Waals surface area contributed by atoms with Crippen molar-refractivity contribution in [3.8, 4) is 6.07 Å². The van der Waals surface area contributed by atoms with Crippen molar-refractivity contribution in [1.29, 1.82) is 5.26 Å². The summed E-state index contributed by atoms with van der Waals surface area (Å²) in [5.74, 6) is 0.00862. The fourth-order valence-corrected chi connectivity index (χ4v) is 3.17. The maximum Gasteiger partial charge on any atom is 0.0718 e. The van der Waals surface area contributed by atoms with Gasteiger partial charge in [0, 0.05) is 0 Å². The molecule has 0 saturated heterocycles. The lowest BCUT2D eigenvalue weighted by Crippen LogP contribution is -2.03. The Labute approximate surface area is 128 Å². The Kier molecular flexibility index (Phi) is 5.17. The van der Waals surface area contributed by atoms with Crippen molar-refractivity contribution in [1.82, 2.24) is 0 Å². The molecule has 0 N–H and O–H groups in total. The molecule has 21 heavy (non-hydrogen) atoms. The molecule has 108 valence electrons. The molecular formula is C20H23N. The van der Waals surface area contributed by atoms with Crippen molar-refractivity contribution in [3.63, 3.8) is 0 Å². The molecule has 0 aliphatic rings. The third kappa shape index (κ3) is 3.95. The van der Waals surface area contributed by atoms with Crippen molar-refractivity contribution in [2.75, 3.05) is 0 Å². The SMILES string of the molecule is Cc1cc(C)c(C(C#N)CCCc2ccccc2)c(C)c1. The smallest absolute Gasteiger partial charge is 0.0718 e. The van der Waals surface area contributed by atoms with Gasteiger partial charge in [0.1, 0.15) is 0 Å². The molecule has 0 aliphatic heterocycles. The summed E-state index contributed by atoms with van der Waals surface area (Å²) in [7, 11) is 0. The lowest BCUT2D eigenvalue weighted by molar-refractivity contribution is 0.678. The first-order valence-electron chi connectivity index (χ1n) is 7.63. The summed E-state index contributed by atoms with van der Waals surface area (Å²) in [6, 6.07) is 17.4. The van der Waals surface area contributed by atoms with Crippen LogP contribution in [0.2, 0.25) is 0 Å². The molecule has 2 aromatic rings. The van der Waals surface area contributed by atoms with Gasteiger partial charge < -0.3 is 0 Å². The molecule has 0 fully saturated rings. The van der Waals surface area contributed by atoms with Gasteiger partial charge in [-0.05, 0) is 62.3 Å². The van der Waals surface area contributed by atoms with Crippen LogP contribution in [0.15, 0.2) is 42.5 Å². The molecule has 1 unspecified atom stereocenters. The zero-order valence-electron chi connectivity index (χ0n) is 13.2. The molecule has 1 heteroatoms. The van der Waals surface area contributed by atoms with Gasteiger partial charge in [0.05, 0.1) is 12.0 Å². The van der Waals surface area contributed by atoms with Crippen LogP contribution >= 0.6 is 0 Å². The van der Waals surface area contributed by atoms with Crippen LogP contribution in [0.4, 0.5) is 0 Å². The monoisotopic (exact) mass is 277 g/mol. The number of rotatable bonds is 5. The number of hydrogen-bond donors (Lipinski definition) is 0. The molecule has 0 saturated carbocycles. The highest BCUT2D eigenvalue weighted by Crippen LogP contribution is 2.28. The van der Waals surface area contributed by atoms with Crippen molar-refractivity contribution < 1.29 is 0 Å². The largest absolute Gasteiger partial charge is 0.198 e. The molecule has 0 radical (unpaired) electrons. The van der Waals surface area contributed by atoms with Gasteiger partial charge in [0.25, 0.3) is 0 Å². The van der Waals surface area contributed by atoms with E-state index < -0.39 is 0 Å². The first kappa shape index (κ1) is 15.3. The van der Waals surface area contributed by atoms with Crippen molar-refractivity contribution in [3.05, 3.63) is 70.3 Å². The molecule has 0 aliphatic carbocycles. The maximum absolute atomic E-state index is 9.54. The van der Waals surface area contributed by atoms with E-state index in [1.807, 2.05) is 6.07 Å². The average molecular weight is 277 g/mol. The normalized spacial score (nSPS) is 11.9. The molecule has 0 aromatic heterocycles. The molecule has 2 rings (SSSR count). The van der Waals surface area contributed by atoms with E-state index in [4.69, 9.17) is 0 Å². The molecule has 1 atom stereocenters. The Morgan fingerprint density at radius 2 is 1.62 bits per heavy atom. The third-order valence-corrected chi connectivity index (χ3v) is 4.04. The Balaban J connectivity index is 2.06. The minimum atomic E-state index is 0.00862. The van der Waals surface area contributed by atoms with Gasteiger partial charge >= 0.3 is 0 Å². The fraction of sp³-hybridized carbons (Fsp3) is 0.350. The van der Waals surface area contributed by atoms with E-state index in [0.29, 0.717) is 0 Å². The summed E-state index contributed by atoms with van der Waals surface area (Å²) in [5, 5.41) is 9.54. The highest BCUT2D eigenvalue weighted by molar-refractivity contribution is 5.42. The Morgan fingerprint density at radius 3 is 2.19 bits per heavy atom. The molecule has 0 spiro atoms.